The van der Waals surface area contributed by atoms with Crippen molar-refractivity contribution in [2.75, 3.05) is 15.5 Å². The zero-order chi connectivity index (χ0) is 22.0. The summed E-state index contributed by atoms with van der Waals surface area (Å²) in [5.74, 6) is -0.371. The van der Waals surface area contributed by atoms with Crippen molar-refractivity contribution in [1.29, 1.82) is 0 Å². The van der Waals surface area contributed by atoms with Crippen LogP contribution >= 0.6 is 11.3 Å². The minimum absolute atomic E-state index is 0.0538. The molecule has 0 spiro atoms. The summed E-state index contributed by atoms with van der Waals surface area (Å²) in [7, 11) is 0. The van der Waals surface area contributed by atoms with E-state index in [0.29, 0.717) is 6.54 Å². The van der Waals surface area contributed by atoms with E-state index in [4.69, 9.17) is 0 Å². The second-order valence-corrected chi connectivity index (χ2v) is 8.75. The zero-order valence-corrected chi connectivity index (χ0v) is 18.8. The maximum absolute atomic E-state index is 13.0. The van der Waals surface area contributed by atoms with Gasteiger partial charge in [0, 0.05) is 11.1 Å². The summed E-state index contributed by atoms with van der Waals surface area (Å²) >= 11 is 1.62. The number of rotatable bonds is 6. The summed E-state index contributed by atoms with van der Waals surface area (Å²) in [5.41, 5.74) is 5.47. The smallest absolute Gasteiger partial charge is 0.247 e. The molecule has 0 unspecified atom stereocenters. The van der Waals surface area contributed by atoms with Crippen molar-refractivity contribution in [2.45, 2.75) is 46.2 Å². The average molecular weight is 435 g/mol. The fourth-order valence-electron chi connectivity index (χ4n) is 3.84. The van der Waals surface area contributed by atoms with Crippen molar-refractivity contribution in [3.05, 3.63) is 69.7 Å². The van der Waals surface area contributed by atoms with Crippen LogP contribution in [0.4, 0.5) is 17.1 Å². The van der Waals surface area contributed by atoms with Crippen molar-refractivity contribution in [1.82, 2.24) is 4.98 Å². The third-order valence-corrected chi connectivity index (χ3v) is 6.46. The number of hydrogen-bond acceptors (Lipinski definition) is 5. The number of fused-ring (bicyclic) bond motifs is 1. The molecule has 7 heteroatoms. The van der Waals surface area contributed by atoms with Gasteiger partial charge in [0.25, 0.3) is 0 Å². The van der Waals surface area contributed by atoms with Gasteiger partial charge in [-0.2, -0.15) is 0 Å². The molecule has 160 valence electrons. The van der Waals surface area contributed by atoms with Crippen molar-refractivity contribution < 1.29 is 9.59 Å². The maximum Gasteiger partial charge on any atom is 0.247 e. The van der Waals surface area contributed by atoms with Crippen molar-refractivity contribution in [3.8, 4) is 0 Å². The van der Waals surface area contributed by atoms with Gasteiger partial charge in [-0.05, 0) is 44.0 Å². The molecule has 31 heavy (non-hydrogen) atoms. The van der Waals surface area contributed by atoms with Gasteiger partial charge in [0.2, 0.25) is 11.8 Å². The molecule has 0 saturated carbocycles. The summed E-state index contributed by atoms with van der Waals surface area (Å²) in [5, 5.41) is 9.01. The number of carbonyl (C=O) groups excluding carboxylic acids is 2. The number of nitrogens with zero attached hydrogens (tertiary/aromatic N) is 2. The molecule has 2 aromatic carbocycles. The lowest BCUT2D eigenvalue weighted by molar-refractivity contribution is -0.122. The Morgan fingerprint density at radius 2 is 2.03 bits per heavy atom. The summed E-state index contributed by atoms with van der Waals surface area (Å²) in [4.78, 5) is 32.5. The number of aryl methyl sites for hydroxylation is 3. The molecular formula is C24H26N4O2S. The molecule has 6 nitrogen and oxygen atoms in total. The van der Waals surface area contributed by atoms with E-state index in [1.807, 2.05) is 66.6 Å². The zero-order valence-electron chi connectivity index (χ0n) is 17.9. The molecule has 0 fully saturated rings. The van der Waals surface area contributed by atoms with Gasteiger partial charge in [-0.25, -0.2) is 4.98 Å². The van der Waals surface area contributed by atoms with Gasteiger partial charge < -0.3 is 15.5 Å². The molecule has 0 saturated heterocycles. The standard InChI is InChI=1S/C24H26N4O2S/c1-4-23-25-17(14-31-23)13-28-20-8-6-5-7-19(20)27-24(30)21(28)12-22(29)26-18-10-9-15(2)11-16(18)3/h5-11,14,21H,4,12-13H2,1-3H3,(H,26,29)(H,27,30)/t21-/m1/s1. The molecule has 2 N–H and O–H groups in total. The van der Waals surface area contributed by atoms with Crippen LogP contribution in [0.15, 0.2) is 47.8 Å². The SMILES string of the molecule is CCc1nc(CN2c3ccccc3NC(=O)[C@H]2CC(=O)Nc2ccc(C)cc2C)cs1. The number of nitrogens with one attached hydrogen (secondary N) is 2. The molecule has 1 aliphatic heterocycles. The fourth-order valence-corrected chi connectivity index (χ4v) is 4.58. The van der Waals surface area contributed by atoms with Gasteiger partial charge in [0.15, 0.2) is 0 Å². The highest BCUT2D eigenvalue weighted by Gasteiger charge is 2.34. The number of aromatic nitrogens is 1. The normalized spacial score (nSPS) is 15.4. The third kappa shape index (κ3) is 4.61. The average Bonchev–Trinajstić information content (AvgIpc) is 3.20. The second-order valence-electron chi connectivity index (χ2n) is 7.81. The molecule has 1 aliphatic rings. The van der Waals surface area contributed by atoms with E-state index >= 15 is 0 Å². The highest BCUT2D eigenvalue weighted by Crippen LogP contribution is 2.34. The summed E-state index contributed by atoms with van der Waals surface area (Å²) < 4.78 is 0. The molecule has 3 aromatic rings. The van der Waals surface area contributed by atoms with Crippen LogP contribution in [-0.4, -0.2) is 22.8 Å². The van der Waals surface area contributed by atoms with Gasteiger partial charge in [-0.1, -0.05) is 36.8 Å². The van der Waals surface area contributed by atoms with Crippen LogP contribution in [0.1, 0.15) is 35.2 Å². The van der Waals surface area contributed by atoms with Crippen molar-refractivity contribution >= 4 is 40.2 Å². The Bertz CT molecular complexity index is 1120. The molecule has 4 rings (SSSR count). The largest absolute Gasteiger partial charge is 0.351 e. The van der Waals surface area contributed by atoms with Gasteiger partial charge >= 0.3 is 0 Å². The van der Waals surface area contributed by atoms with E-state index in [1.54, 1.807) is 11.3 Å². The van der Waals surface area contributed by atoms with E-state index in [9.17, 15) is 9.59 Å². The van der Waals surface area contributed by atoms with Crippen LogP contribution in [0.5, 0.6) is 0 Å². The molecule has 2 amide bonds. The molecule has 1 aromatic heterocycles. The van der Waals surface area contributed by atoms with Gasteiger partial charge in [0.1, 0.15) is 6.04 Å². The number of benzene rings is 2. The number of carbonyl (C=O) groups is 2. The predicted molar refractivity (Wildman–Crippen MR) is 126 cm³/mol. The Labute approximate surface area is 186 Å². The molecule has 1 atom stereocenters. The minimum Gasteiger partial charge on any atom is -0.351 e. The van der Waals surface area contributed by atoms with Crippen LogP contribution in [0, 0.1) is 13.8 Å². The number of amides is 2. The molecule has 0 aliphatic carbocycles. The van der Waals surface area contributed by atoms with Crippen LogP contribution in [-0.2, 0) is 22.6 Å². The van der Waals surface area contributed by atoms with E-state index in [0.717, 1.165) is 45.3 Å². The van der Waals surface area contributed by atoms with Crippen LogP contribution < -0.4 is 15.5 Å². The summed E-state index contributed by atoms with van der Waals surface area (Å²) in [6.45, 7) is 6.53. The van der Waals surface area contributed by atoms with Gasteiger partial charge in [0.05, 0.1) is 35.0 Å². The molecule has 2 heterocycles. The fraction of sp³-hybridized carbons (Fsp3) is 0.292. The van der Waals surface area contributed by atoms with E-state index in [-0.39, 0.29) is 18.2 Å². The van der Waals surface area contributed by atoms with Crippen molar-refractivity contribution in [2.24, 2.45) is 0 Å². The highest BCUT2D eigenvalue weighted by molar-refractivity contribution is 7.09. The Balaban J connectivity index is 1.58. The van der Waals surface area contributed by atoms with Gasteiger partial charge in [-0.15, -0.1) is 11.3 Å². The Hall–Kier alpha value is -3.19. The number of anilines is 3. The second kappa shape index (κ2) is 8.89. The molecule has 0 bridgehead atoms. The number of para-hydroxylation sites is 2. The Kier molecular flexibility index (Phi) is 6.04. The maximum atomic E-state index is 13.0. The minimum atomic E-state index is -0.618. The van der Waals surface area contributed by atoms with E-state index in [1.165, 1.54) is 0 Å². The highest BCUT2D eigenvalue weighted by atomic mass is 32.1. The number of hydrogen-bond donors (Lipinski definition) is 2. The van der Waals surface area contributed by atoms with Gasteiger partial charge in [-0.3, -0.25) is 9.59 Å². The summed E-state index contributed by atoms with van der Waals surface area (Å²) in [6, 6.07) is 13.0. The monoisotopic (exact) mass is 434 g/mol. The lowest BCUT2D eigenvalue weighted by atomic mass is 10.0. The summed E-state index contributed by atoms with van der Waals surface area (Å²) in [6.07, 6.45) is 0.932. The Morgan fingerprint density at radius 1 is 1.23 bits per heavy atom. The molecular weight excluding hydrogens is 408 g/mol. The lowest BCUT2D eigenvalue weighted by Crippen LogP contribution is -2.49. The first-order chi connectivity index (χ1) is 14.9. The first-order valence-electron chi connectivity index (χ1n) is 10.4. The Morgan fingerprint density at radius 3 is 2.77 bits per heavy atom. The first kappa shape index (κ1) is 21.1. The topological polar surface area (TPSA) is 74.3 Å². The quantitative estimate of drug-likeness (QED) is 0.591. The van der Waals surface area contributed by atoms with Crippen molar-refractivity contribution in [3.63, 3.8) is 0 Å². The molecule has 0 radical (unpaired) electrons. The van der Waals surface area contributed by atoms with Crippen LogP contribution in [0.2, 0.25) is 0 Å². The number of thiazole rings is 1. The van der Waals surface area contributed by atoms with Crippen LogP contribution in [0.25, 0.3) is 0 Å². The lowest BCUT2D eigenvalue weighted by Gasteiger charge is -2.37. The van der Waals surface area contributed by atoms with E-state index < -0.39 is 6.04 Å². The van der Waals surface area contributed by atoms with E-state index in [2.05, 4.69) is 22.5 Å². The van der Waals surface area contributed by atoms with Crippen LogP contribution in [0.3, 0.4) is 0 Å². The third-order valence-electron chi connectivity index (χ3n) is 5.42. The first-order valence-corrected chi connectivity index (χ1v) is 11.3. The predicted octanol–water partition coefficient (Wildman–Crippen LogP) is 4.68.